The number of likely N-dealkylation sites (tertiary alicyclic amines) is 1. The van der Waals surface area contributed by atoms with E-state index in [0.29, 0.717) is 30.9 Å². The van der Waals surface area contributed by atoms with E-state index in [1.54, 1.807) is 29.2 Å². The number of halogens is 1. The molecule has 1 heterocycles. The summed E-state index contributed by atoms with van der Waals surface area (Å²) >= 11 is 0. The number of benzene rings is 2. The maximum absolute atomic E-state index is 12.8. The molecule has 2 atom stereocenters. The number of carbonyl (C=O) groups excluding carboxylic acids is 3. The van der Waals surface area contributed by atoms with Crippen LogP contribution in [0.25, 0.3) is 0 Å². The van der Waals surface area contributed by atoms with Gasteiger partial charge in [-0.15, -0.1) is 12.4 Å². The standard InChI is InChI=1S/C22H26N4O3.ClH/c1-15(16-7-3-2-4-8-16)26-14-17(13-20(26)27)21(28)25-19-10-6-5-9-18(19)22(29)24-12-11-23;/h2-10,15,17H,11-14,23H2,1H3,(H,24,29)(H,25,28);1H. The number of nitrogens with zero attached hydrogens (tertiary/aromatic N) is 1. The minimum atomic E-state index is -0.464. The van der Waals surface area contributed by atoms with Gasteiger partial charge in [0, 0.05) is 26.1 Å². The molecule has 2 aromatic rings. The highest BCUT2D eigenvalue weighted by Gasteiger charge is 2.37. The first-order valence-electron chi connectivity index (χ1n) is 9.73. The Bertz CT molecular complexity index is 891. The molecule has 0 saturated carbocycles. The first kappa shape index (κ1) is 23.4. The number of amides is 3. The Morgan fingerprint density at radius 1 is 1.13 bits per heavy atom. The Kier molecular flexibility index (Phi) is 8.38. The zero-order chi connectivity index (χ0) is 20.8. The van der Waals surface area contributed by atoms with Gasteiger partial charge in [0.2, 0.25) is 11.8 Å². The van der Waals surface area contributed by atoms with E-state index in [1.165, 1.54) is 0 Å². The highest BCUT2D eigenvalue weighted by atomic mass is 35.5. The molecule has 4 N–H and O–H groups in total. The molecule has 0 spiro atoms. The third-order valence-electron chi connectivity index (χ3n) is 5.14. The summed E-state index contributed by atoms with van der Waals surface area (Å²) < 4.78 is 0. The lowest BCUT2D eigenvalue weighted by atomic mass is 10.1. The van der Waals surface area contributed by atoms with Crippen LogP contribution in [0.3, 0.4) is 0 Å². The first-order valence-corrected chi connectivity index (χ1v) is 9.73. The lowest BCUT2D eigenvalue weighted by Gasteiger charge is -2.25. The van der Waals surface area contributed by atoms with Gasteiger partial charge in [0.25, 0.3) is 5.91 Å². The molecule has 1 fully saturated rings. The highest BCUT2D eigenvalue weighted by Crippen LogP contribution is 2.29. The lowest BCUT2D eigenvalue weighted by molar-refractivity contribution is -0.129. The van der Waals surface area contributed by atoms with Crippen LogP contribution in [0.15, 0.2) is 54.6 Å². The number of hydrogen-bond donors (Lipinski definition) is 3. The maximum atomic E-state index is 12.8. The van der Waals surface area contributed by atoms with Crippen molar-refractivity contribution in [1.82, 2.24) is 10.2 Å². The summed E-state index contributed by atoms with van der Waals surface area (Å²) in [6, 6.07) is 16.4. The number of carbonyl (C=O) groups is 3. The van der Waals surface area contributed by atoms with Crippen molar-refractivity contribution >= 4 is 35.8 Å². The van der Waals surface area contributed by atoms with Crippen molar-refractivity contribution in [3.05, 3.63) is 65.7 Å². The molecular formula is C22H27ClN4O3. The predicted octanol–water partition coefficient (Wildman–Crippen LogP) is 2.35. The van der Waals surface area contributed by atoms with Crippen molar-refractivity contribution in [3.8, 4) is 0 Å². The van der Waals surface area contributed by atoms with Crippen LogP contribution in [0.4, 0.5) is 5.69 Å². The summed E-state index contributed by atoms with van der Waals surface area (Å²) in [6.45, 7) is 3.00. The summed E-state index contributed by atoms with van der Waals surface area (Å²) in [5.74, 6) is -1.07. The monoisotopic (exact) mass is 430 g/mol. The fraction of sp³-hybridized carbons (Fsp3) is 0.318. The second-order valence-corrected chi connectivity index (χ2v) is 7.11. The Hall–Kier alpha value is -2.90. The van der Waals surface area contributed by atoms with E-state index in [2.05, 4.69) is 10.6 Å². The molecule has 1 aliphatic heterocycles. The molecule has 160 valence electrons. The van der Waals surface area contributed by atoms with Crippen molar-refractivity contribution in [3.63, 3.8) is 0 Å². The van der Waals surface area contributed by atoms with Gasteiger partial charge in [-0.05, 0) is 24.6 Å². The summed E-state index contributed by atoms with van der Waals surface area (Å²) in [5.41, 5.74) is 7.25. The van der Waals surface area contributed by atoms with Crippen molar-refractivity contribution < 1.29 is 14.4 Å². The largest absolute Gasteiger partial charge is 0.351 e. The van der Waals surface area contributed by atoms with Gasteiger partial charge in [0.1, 0.15) is 0 Å². The molecule has 2 aromatic carbocycles. The van der Waals surface area contributed by atoms with Crippen LogP contribution in [0.5, 0.6) is 0 Å². The number of nitrogens with one attached hydrogen (secondary N) is 2. The van der Waals surface area contributed by atoms with E-state index in [1.807, 2.05) is 37.3 Å². The van der Waals surface area contributed by atoms with Crippen molar-refractivity contribution in [1.29, 1.82) is 0 Å². The molecule has 2 unspecified atom stereocenters. The van der Waals surface area contributed by atoms with Crippen molar-refractivity contribution in [2.75, 3.05) is 25.0 Å². The topological polar surface area (TPSA) is 105 Å². The average Bonchev–Trinajstić information content (AvgIpc) is 3.14. The maximum Gasteiger partial charge on any atom is 0.253 e. The third-order valence-corrected chi connectivity index (χ3v) is 5.14. The highest BCUT2D eigenvalue weighted by molar-refractivity contribution is 6.05. The van der Waals surface area contributed by atoms with Crippen molar-refractivity contribution in [2.24, 2.45) is 11.7 Å². The number of rotatable bonds is 7. The smallest absolute Gasteiger partial charge is 0.253 e. The van der Waals surface area contributed by atoms with Crippen LogP contribution in [0.2, 0.25) is 0 Å². The van der Waals surface area contributed by atoms with E-state index in [-0.39, 0.29) is 42.6 Å². The van der Waals surface area contributed by atoms with Gasteiger partial charge in [-0.2, -0.15) is 0 Å². The first-order chi connectivity index (χ1) is 14.0. The van der Waals surface area contributed by atoms with Gasteiger partial charge in [-0.25, -0.2) is 0 Å². The molecule has 0 aliphatic carbocycles. The lowest BCUT2D eigenvalue weighted by Crippen LogP contribution is -2.32. The van der Waals surface area contributed by atoms with Gasteiger partial charge < -0.3 is 21.3 Å². The van der Waals surface area contributed by atoms with Gasteiger partial charge in [0.15, 0.2) is 0 Å². The van der Waals surface area contributed by atoms with Gasteiger partial charge in [-0.1, -0.05) is 42.5 Å². The summed E-state index contributed by atoms with van der Waals surface area (Å²) in [5, 5.41) is 5.52. The molecule has 8 heteroatoms. The molecular weight excluding hydrogens is 404 g/mol. The number of nitrogens with two attached hydrogens (primary N) is 1. The second-order valence-electron chi connectivity index (χ2n) is 7.11. The van der Waals surface area contributed by atoms with Gasteiger partial charge in [-0.3, -0.25) is 14.4 Å². The molecule has 7 nitrogen and oxygen atoms in total. The summed E-state index contributed by atoms with van der Waals surface area (Å²) in [4.78, 5) is 39.4. The number of anilines is 1. The normalized spacial score (nSPS) is 16.5. The Balaban J connectivity index is 0.00000320. The molecule has 0 bridgehead atoms. The fourth-order valence-corrected chi connectivity index (χ4v) is 3.50. The van der Waals surface area contributed by atoms with Crippen LogP contribution in [-0.2, 0) is 9.59 Å². The number of para-hydroxylation sites is 1. The second kappa shape index (κ2) is 10.8. The van der Waals surface area contributed by atoms with E-state index >= 15 is 0 Å². The van der Waals surface area contributed by atoms with E-state index < -0.39 is 5.92 Å². The van der Waals surface area contributed by atoms with E-state index in [4.69, 9.17) is 5.73 Å². The zero-order valence-electron chi connectivity index (χ0n) is 16.8. The average molecular weight is 431 g/mol. The molecule has 30 heavy (non-hydrogen) atoms. The Morgan fingerprint density at radius 2 is 1.80 bits per heavy atom. The predicted molar refractivity (Wildman–Crippen MR) is 118 cm³/mol. The molecule has 0 radical (unpaired) electrons. The van der Waals surface area contributed by atoms with E-state index in [0.717, 1.165) is 5.56 Å². The number of hydrogen-bond acceptors (Lipinski definition) is 4. The van der Waals surface area contributed by atoms with Crippen LogP contribution < -0.4 is 16.4 Å². The Labute approximate surface area is 182 Å². The molecule has 3 amide bonds. The molecule has 1 aliphatic rings. The molecule has 0 aromatic heterocycles. The minimum Gasteiger partial charge on any atom is -0.351 e. The quantitative estimate of drug-likeness (QED) is 0.627. The van der Waals surface area contributed by atoms with Crippen LogP contribution in [0.1, 0.15) is 35.3 Å². The third kappa shape index (κ3) is 5.37. The van der Waals surface area contributed by atoms with Crippen LogP contribution in [0, 0.1) is 5.92 Å². The zero-order valence-corrected chi connectivity index (χ0v) is 17.7. The Morgan fingerprint density at radius 3 is 2.50 bits per heavy atom. The molecule has 3 rings (SSSR count). The summed E-state index contributed by atoms with van der Waals surface area (Å²) in [7, 11) is 0. The molecule has 1 saturated heterocycles. The van der Waals surface area contributed by atoms with E-state index in [9.17, 15) is 14.4 Å². The van der Waals surface area contributed by atoms with Crippen LogP contribution in [-0.4, -0.2) is 42.3 Å². The SMILES string of the molecule is CC(c1ccccc1)N1CC(C(=O)Nc2ccccc2C(=O)NCCN)CC1=O.Cl. The fourth-order valence-electron chi connectivity index (χ4n) is 3.50. The summed E-state index contributed by atoms with van der Waals surface area (Å²) in [6.07, 6.45) is 0.157. The van der Waals surface area contributed by atoms with Crippen LogP contribution >= 0.6 is 12.4 Å². The minimum absolute atomic E-state index is 0. The van der Waals surface area contributed by atoms with Gasteiger partial charge in [0.05, 0.1) is 23.2 Å². The van der Waals surface area contributed by atoms with Crippen molar-refractivity contribution in [2.45, 2.75) is 19.4 Å². The van der Waals surface area contributed by atoms with Gasteiger partial charge >= 0.3 is 0 Å².